The van der Waals surface area contributed by atoms with E-state index < -0.39 is 0 Å². The summed E-state index contributed by atoms with van der Waals surface area (Å²) in [5.74, 6) is 0.382. The Morgan fingerprint density at radius 1 is 1.56 bits per heavy atom. The number of halogens is 1. The van der Waals surface area contributed by atoms with Gasteiger partial charge < -0.3 is 15.2 Å². The zero-order valence-corrected chi connectivity index (χ0v) is 11.9. The van der Waals surface area contributed by atoms with Gasteiger partial charge in [-0.3, -0.25) is 4.79 Å². The van der Waals surface area contributed by atoms with Crippen LogP contribution in [0.25, 0.3) is 11.0 Å². The second kappa shape index (κ2) is 4.97. The summed E-state index contributed by atoms with van der Waals surface area (Å²) in [5, 5.41) is 0. The topological polar surface area (TPSA) is 64.2 Å². The lowest BCUT2D eigenvalue weighted by atomic mass is 10.3. The first-order valence-electron chi connectivity index (χ1n) is 5.68. The van der Waals surface area contributed by atoms with Crippen molar-refractivity contribution < 1.29 is 4.79 Å². The number of nitrogens with two attached hydrogens (primary N) is 1. The fourth-order valence-electron chi connectivity index (χ4n) is 1.72. The molecule has 0 unspecified atom stereocenters. The molecule has 0 bridgehead atoms. The molecule has 5 nitrogen and oxygen atoms in total. The van der Waals surface area contributed by atoms with Gasteiger partial charge in [-0.25, -0.2) is 4.98 Å². The lowest BCUT2D eigenvalue weighted by Crippen LogP contribution is -2.30. The number of nitrogen functional groups attached to an aromatic ring is 1. The van der Waals surface area contributed by atoms with Gasteiger partial charge in [0.05, 0.1) is 11.0 Å². The number of carbonyl (C=O) groups excluding carboxylic acids is 1. The molecule has 2 rings (SSSR count). The molecular weight excluding hydrogens is 296 g/mol. The summed E-state index contributed by atoms with van der Waals surface area (Å²) in [4.78, 5) is 17.8. The minimum Gasteiger partial charge on any atom is -0.369 e. The van der Waals surface area contributed by atoms with Gasteiger partial charge in [0, 0.05) is 18.1 Å². The van der Waals surface area contributed by atoms with E-state index in [-0.39, 0.29) is 12.5 Å². The van der Waals surface area contributed by atoms with Crippen molar-refractivity contribution in [3.8, 4) is 0 Å². The Morgan fingerprint density at radius 3 is 2.94 bits per heavy atom. The van der Waals surface area contributed by atoms with Crippen molar-refractivity contribution in [1.82, 2.24) is 14.5 Å². The van der Waals surface area contributed by atoms with Gasteiger partial charge in [-0.15, -0.1) is 0 Å². The maximum Gasteiger partial charge on any atom is 0.242 e. The Kier molecular flexibility index (Phi) is 3.56. The molecule has 0 aliphatic rings. The molecule has 96 valence electrons. The van der Waals surface area contributed by atoms with E-state index in [9.17, 15) is 4.79 Å². The molecule has 0 radical (unpaired) electrons. The Bertz CT molecular complexity index is 593. The lowest BCUT2D eigenvalue weighted by molar-refractivity contribution is -0.130. The van der Waals surface area contributed by atoms with E-state index in [1.807, 2.05) is 25.1 Å². The normalized spacial score (nSPS) is 10.8. The average Bonchev–Trinajstić information content (AvgIpc) is 2.64. The first-order valence-corrected chi connectivity index (χ1v) is 6.47. The Labute approximate surface area is 114 Å². The Morgan fingerprint density at radius 2 is 2.28 bits per heavy atom. The number of benzene rings is 1. The number of fused-ring (bicyclic) bond motifs is 1. The summed E-state index contributed by atoms with van der Waals surface area (Å²) in [7, 11) is 1.77. The predicted molar refractivity (Wildman–Crippen MR) is 75.2 cm³/mol. The van der Waals surface area contributed by atoms with Crippen LogP contribution in [-0.2, 0) is 11.3 Å². The van der Waals surface area contributed by atoms with Crippen molar-refractivity contribution in [2.45, 2.75) is 13.5 Å². The van der Waals surface area contributed by atoms with Crippen molar-refractivity contribution in [2.75, 3.05) is 19.3 Å². The minimum absolute atomic E-state index is 0.0198. The quantitative estimate of drug-likeness (QED) is 0.941. The highest BCUT2D eigenvalue weighted by Gasteiger charge is 2.13. The fraction of sp³-hybridized carbons (Fsp3) is 0.333. The van der Waals surface area contributed by atoms with E-state index in [2.05, 4.69) is 20.9 Å². The molecule has 0 atom stereocenters. The average molecular weight is 311 g/mol. The smallest absolute Gasteiger partial charge is 0.242 e. The van der Waals surface area contributed by atoms with E-state index in [4.69, 9.17) is 5.73 Å². The van der Waals surface area contributed by atoms with Crippen molar-refractivity contribution >= 4 is 38.8 Å². The molecule has 0 aliphatic heterocycles. The first kappa shape index (κ1) is 12.9. The predicted octanol–water partition coefficient (Wildman–Crippen LogP) is 1.86. The molecule has 0 fully saturated rings. The van der Waals surface area contributed by atoms with Gasteiger partial charge in [-0.05, 0) is 25.1 Å². The molecule has 1 heterocycles. The van der Waals surface area contributed by atoms with E-state index in [0.717, 1.165) is 15.5 Å². The summed E-state index contributed by atoms with van der Waals surface area (Å²) < 4.78 is 2.67. The van der Waals surface area contributed by atoms with Crippen LogP contribution in [0, 0.1) is 0 Å². The highest BCUT2D eigenvalue weighted by Crippen LogP contribution is 2.22. The zero-order valence-electron chi connectivity index (χ0n) is 10.4. The second-order valence-electron chi connectivity index (χ2n) is 4.10. The van der Waals surface area contributed by atoms with Crippen LogP contribution < -0.4 is 5.73 Å². The molecule has 0 saturated heterocycles. The summed E-state index contributed by atoms with van der Waals surface area (Å²) >= 11 is 3.39. The third kappa shape index (κ3) is 2.33. The third-order valence-corrected chi connectivity index (χ3v) is 3.43. The van der Waals surface area contributed by atoms with Crippen molar-refractivity contribution in [3.63, 3.8) is 0 Å². The number of imidazole rings is 1. The van der Waals surface area contributed by atoms with Crippen LogP contribution in [0.5, 0.6) is 0 Å². The zero-order chi connectivity index (χ0) is 13.3. The van der Waals surface area contributed by atoms with Crippen molar-refractivity contribution in [1.29, 1.82) is 0 Å². The molecule has 18 heavy (non-hydrogen) atoms. The van der Waals surface area contributed by atoms with Crippen molar-refractivity contribution in [2.24, 2.45) is 0 Å². The van der Waals surface area contributed by atoms with Crippen LogP contribution >= 0.6 is 15.9 Å². The van der Waals surface area contributed by atoms with Gasteiger partial charge in [0.1, 0.15) is 6.54 Å². The molecule has 1 aromatic heterocycles. The van der Waals surface area contributed by atoms with Crippen LogP contribution in [-0.4, -0.2) is 34.0 Å². The van der Waals surface area contributed by atoms with E-state index in [0.29, 0.717) is 12.5 Å². The first-order chi connectivity index (χ1) is 8.52. The Balaban J connectivity index is 2.39. The number of carbonyl (C=O) groups is 1. The largest absolute Gasteiger partial charge is 0.369 e. The molecule has 0 aliphatic carbocycles. The molecule has 0 saturated carbocycles. The van der Waals surface area contributed by atoms with E-state index in [1.54, 1.807) is 16.5 Å². The van der Waals surface area contributed by atoms with Crippen LogP contribution in [0.2, 0.25) is 0 Å². The molecule has 1 aromatic carbocycles. The lowest BCUT2D eigenvalue weighted by Gasteiger charge is -2.15. The highest BCUT2D eigenvalue weighted by molar-refractivity contribution is 9.10. The van der Waals surface area contributed by atoms with Crippen LogP contribution in [0.4, 0.5) is 5.95 Å². The van der Waals surface area contributed by atoms with Gasteiger partial charge >= 0.3 is 0 Å². The minimum atomic E-state index is 0.0198. The van der Waals surface area contributed by atoms with Gasteiger partial charge in [0.2, 0.25) is 11.9 Å². The number of nitrogens with zero attached hydrogens (tertiary/aromatic N) is 3. The summed E-state index contributed by atoms with van der Waals surface area (Å²) in [6, 6.07) is 5.70. The second-order valence-corrected chi connectivity index (χ2v) is 5.01. The number of aromatic nitrogens is 2. The standard InChI is InChI=1S/C12H15BrN4O/c1-3-16(2)11(18)7-17-10-5-4-8(13)6-9(10)15-12(17)14/h4-6H,3,7H2,1-2H3,(H2,14,15). The SMILES string of the molecule is CCN(C)C(=O)Cn1c(N)nc2cc(Br)ccc21. The third-order valence-electron chi connectivity index (χ3n) is 2.93. The maximum absolute atomic E-state index is 11.9. The molecule has 2 N–H and O–H groups in total. The van der Waals surface area contributed by atoms with Gasteiger partial charge in [-0.2, -0.15) is 0 Å². The molecule has 6 heteroatoms. The summed E-state index contributed by atoms with van der Waals surface area (Å²) in [5.41, 5.74) is 7.51. The number of hydrogen-bond donors (Lipinski definition) is 1. The number of amides is 1. The highest BCUT2D eigenvalue weighted by atomic mass is 79.9. The molecular formula is C12H15BrN4O. The molecule has 2 aromatic rings. The molecule has 0 spiro atoms. The molecule has 1 amide bonds. The van der Waals surface area contributed by atoms with Crippen LogP contribution in [0.15, 0.2) is 22.7 Å². The summed E-state index contributed by atoms with van der Waals surface area (Å²) in [6.07, 6.45) is 0. The van der Waals surface area contributed by atoms with Gasteiger partial charge in [0.25, 0.3) is 0 Å². The van der Waals surface area contributed by atoms with Gasteiger partial charge in [-0.1, -0.05) is 15.9 Å². The monoisotopic (exact) mass is 310 g/mol. The number of rotatable bonds is 3. The van der Waals surface area contributed by atoms with Gasteiger partial charge in [0.15, 0.2) is 0 Å². The number of likely N-dealkylation sites (N-methyl/N-ethyl adjacent to an activating group) is 1. The van der Waals surface area contributed by atoms with Crippen LogP contribution in [0.3, 0.4) is 0 Å². The number of anilines is 1. The maximum atomic E-state index is 11.9. The van der Waals surface area contributed by atoms with Crippen molar-refractivity contribution in [3.05, 3.63) is 22.7 Å². The van der Waals surface area contributed by atoms with E-state index >= 15 is 0 Å². The summed E-state index contributed by atoms with van der Waals surface area (Å²) in [6.45, 7) is 2.83. The number of hydrogen-bond acceptors (Lipinski definition) is 3. The van der Waals surface area contributed by atoms with Crippen LogP contribution in [0.1, 0.15) is 6.92 Å². The Hall–Kier alpha value is -1.56. The van der Waals surface area contributed by atoms with E-state index in [1.165, 1.54) is 0 Å². The fourth-order valence-corrected chi connectivity index (χ4v) is 2.07.